The first-order valence-corrected chi connectivity index (χ1v) is 10.6. The number of amides is 1. The van der Waals surface area contributed by atoms with Gasteiger partial charge in [0.15, 0.2) is 5.16 Å². The summed E-state index contributed by atoms with van der Waals surface area (Å²) in [7, 11) is 0. The SMILES string of the molecule is Cc1ccc(-n2cnnc2SCC(=O)NCc2ccc(-n3cccn3)cc2)cc1Cl. The minimum Gasteiger partial charge on any atom is -0.351 e. The van der Waals surface area contributed by atoms with Crippen LogP contribution in [0.25, 0.3) is 11.4 Å². The number of rotatable bonds is 7. The molecule has 0 fully saturated rings. The number of benzene rings is 2. The van der Waals surface area contributed by atoms with Crippen molar-refractivity contribution >= 4 is 29.3 Å². The number of aryl methyl sites for hydroxylation is 1. The Kier molecular flexibility index (Phi) is 6.15. The standard InChI is InChI=1S/C21H19ClN6OS/c1-15-3-6-18(11-19(15)22)27-14-24-26-21(27)30-13-20(29)23-12-16-4-7-17(8-5-16)28-10-2-9-25-28/h2-11,14H,12-13H2,1H3,(H,23,29). The highest BCUT2D eigenvalue weighted by Crippen LogP contribution is 2.23. The Labute approximate surface area is 183 Å². The molecule has 0 saturated carbocycles. The molecule has 0 aliphatic carbocycles. The second kappa shape index (κ2) is 9.15. The van der Waals surface area contributed by atoms with Crippen molar-refractivity contribution in [1.29, 1.82) is 0 Å². The molecule has 1 amide bonds. The normalized spacial score (nSPS) is 10.9. The van der Waals surface area contributed by atoms with Crippen molar-refractivity contribution in [3.05, 3.63) is 83.4 Å². The summed E-state index contributed by atoms with van der Waals surface area (Å²) in [4.78, 5) is 12.3. The largest absolute Gasteiger partial charge is 0.351 e. The van der Waals surface area contributed by atoms with Crippen molar-refractivity contribution in [1.82, 2.24) is 29.9 Å². The van der Waals surface area contributed by atoms with Gasteiger partial charge in [0, 0.05) is 24.0 Å². The van der Waals surface area contributed by atoms with Gasteiger partial charge in [0.2, 0.25) is 5.91 Å². The molecule has 0 bridgehead atoms. The van der Waals surface area contributed by atoms with Crippen molar-refractivity contribution in [2.75, 3.05) is 5.75 Å². The second-order valence-corrected chi connectivity index (χ2v) is 7.95. The molecule has 2 aromatic heterocycles. The van der Waals surface area contributed by atoms with E-state index in [4.69, 9.17) is 11.6 Å². The summed E-state index contributed by atoms with van der Waals surface area (Å²) in [6.07, 6.45) is 5.24. The molecule has 0 atom stereocenters. The van der Waals surface area contributed by atoms with Gasteiger partial charge in [-0.05, 0) is 48.4 Å². The first kappa shape index (κ1) is 20.2. The topological polar surface area (TPSA) is 77.6 Å². The van der Waals surface area contributed by atoms with Crippen LogP contribution in [0.4, 0.5) is 0 Å². The van der Waals surface area contributed by atoms with E-state index in [1.54, 1.807) is 17.2 Å². The van der Waals surface area contributed by atoms with E-state index in [1.807, 2.05) is 66.2 Å². The number of carbonyl (C=O) groups is 1. The zero-order chi connectivity index (χ0) is 20.9. The lowest BCUT2D eigenvalue weighted by atomic mass is 10.2. The molecular weight excluding hydrogens is 420 g/mol. The predicted octanol–water partition coefficient (Wildman–Crippen LogP) is 3.82. The molecule has 0 spiro atoms. The second-order valence-electron chi connectivity index (χ2n) is 6.60. The monoisotopic (exact) mass is 438 g/mol. The summed E-state index contributed by atoms with van der Waals surface area (Å²) in [6, 6.07) is 15.5. The quantitative estimate of drug-likeness (QED) is 0.444. The Morgan fingerprint density at radius 3 is 2.70 bits per heavy atom. The van der Waals surface area contributed by atoms with Gasteiger partial charge in [-0.3, -0.25) is 9.36 Å². The third-order valence-corrected chi connectivity index (χ3v) is 5.83. The van der Waals surface area contributed by atoms with Gasteiger partial charge >= 0.3 is 0 Å². The average Bonchev–Trinajstić information content (AvgIpc) is 3.45. The lowest BCUT2D eigenvalue weighted by Crippen LogP contribution is -2.24. The van der Waals surface area contributed by atoms with Crippen LogP contribution in [0.2, 0.25) is 5.02 Å². The van der Waals surface area contributed by atoms with Gasteiger partial charge in [-0.15, -0.1) is 10.2 Å². The number of nitrogens with one attached hydrogen (secondary N) is 1. The molecule has 0 saturated heterocycles. The number of aromatic nitrogens is 5. The van der Waals surface area contributed by atoms with E-state index >= 15 is 0 Å². The number of hydrogen-bond donors (Lipinski definition) is 1. The van der Waals surface area contributed by atoms with Crippen molar-refractivity contribution in [2.45, 2.75) is 18.6 Å². The van der Waals surface area contributed by atoms with E-state index in [1.165, 1.54) is 11.8 Å². The number of halogens is 1. The van der Waals surface area contributed by atoms with Crippen molar-refractivity contribution in [2.24, 2.45) is 0 Å². The van der Waals surface area contributed by atoms with E-state index in [-0.39, 0.29) is 11.7 Å². The highest BCUT2D eigenvalue weighted by molar-refractivity contribution is 7.99. The van der Waals surface area contributed by atoms with E-state index in [0.717, 1.165) is 22.5 Å². The molecule has 4 rings (SSSR count). The first-order chi connectivity index (χ1) is 14.6. The molecule has 0 radical (unpaired) electrons. The Morgan fingerprint density at radius 1 is 1.17 bits per heavy atom. The summed E-state index contributed by atoms with van der Waals surface area (Å²) in [6.45, 7) is 2.41. The maximum absolute atomic E-state index is 12.3. The molecule has 1 N–H and O–H groups in total. The smallest absolute Gasteiger partial charge is 0.230 e. The Morgan fingerprint density at radius 2 is 1.97 bits per heavy atom. The highest BCUT2D eigenvalue weighted by atomic mass is 35.5. The molecule has 2 heterocycles. The van der Waals surface area contributed by atoms with Crippen LogP contribution in [-0.4, -0.2) is 36.2 Å². The summed E-state index contributed by atoms with van der Waals surface area (Å²) in [5.74, 6) is 0.163. The summed E-state index contributed by atoms with van der Waals surface area (Å²) < 4.78 is 3.60. The molecule has 7 nitrogen and oxygen atoms in total. The van der Waals surface area contributed by atoms with Crippen LogP contribution in [0, 0.1) is 6.92 Å². The van der Waals surface area contributed by atoms with Gasteiger partial charge in [-0.2, -0.15) is 5.10 Å². The molecule has 4 aromatic rings. The first-order valence-electron chi connectivity index (χ1n) is 9.25. The fourth-order valence-corrected chi connectivity index (χ4v) is 3.73. The van der Waals surface area contributed by atoms with Crippen LogP contribution >= 0.6 is 23.4 Å². The van der Waals surface area contributed by atoms with E-state index in [9.17, 15) is 4.79 Å². The molecular formula is C21H19ClN6OS. The highest BCUT2D eigenvalue weighted by Gasteiger charge is 2.11. The fourth-order valence-electron chi connectivity index (χ4n) is 2.80. The average molecular weight is 439 g/mol. The Bertz CT molecular complexity index is 1140. The minimum atomic E-state index is -0.0763. The molecule has 30 heavy (non-hydrogen) atoms. The Hall–Kier alpha value is -3.10. The maximum Gasteiger partial charge on any atom is 0.230 e. The molecule has 9 heteroatoms. The van der Waals surface area contributed by atoms with Crippen LogP contribution in [0.5, 0.6) is 0 Å². The van der Waals surface area contributed by atoms with Gasteiger partial charge in [0.05, 0.1) is 17.1 Å². The molecule has 0 aliphatic rings. The Balaban J connectivity index is 1.31. The number of thioether (sulfide) groups is 1. The lowest BCUT2D eigenvalue weighted by Gasteiger charge is -2.09. The van der Waals surface area contributed by atoms with E-state index in [2.05, 4.69) is 20.6 Å². The van der Waals surface area contributed by atoms with Crippen molar-refractivity contribution in [3.63, 3.8) is 0 Å². The van der Waals surface area contributed by atoms with Crippen LogP contribution in [0.15, 0.2) is 72.4 Å². The van der Waals surface area contributed by atoms with E-state index < -0.39 is 0 Å². The van der Waals surface area contributed by atoms with E-state index in [0.29, 0.717) is 16.7 Å². The fraction of sp³-hybridized carbons (Fsp3) is 0.143. The third kappa shape index (κ3) is 4.72. The number of nitrogens with zero attached hydrogens (tertiary/aromatic N) is 5. The minimum absolute atomic E-state index is 0.0763. The van der Waals surface area contributed by atoms with Gasteiger partial charge in [0.1, 0.15) is 6.33 Å². The lowest BCUT2D eigenvalue weighted by molar-refractivity contribution is -0.118. The third-order valence-electron chi connectivity index (χ3n) is 4.48. The van der Waals surface area contributed by atoms with Crippen LogP contribution in [-0.2, 0) is 11.3 Å². The zero-order valence-corrected chi connectivity index (χ0v) is 17.8. The summed E-state index contributed by atoms with van der Waals surface area (Å²) in [5, 5.41) is 16.5. The van der Waals surface area contributed by atoms with Gasteiger partial charge in [-0.25, -0.2) is 4.68 Å². The summed E-state index contributed by atoms with van der Waals surface area (Å²) >= 11 is 7.54. The number of carbonyl (C=O) groups excluding carboxylic acids is 1. The van der Waals surface area contributed by atoms with Crippen LogP contribution in [0.3, 0.4) is 0 Å². The molecule has 152 valence electrons. The van der Waals surface area contributed by atoms with Gasteiger partial charge in [-0.1, -0.05) is 41.6 Å². The van der Waals surface area contributed by atoms with Crippen molar-refractivity contribution in [3.8, 4) is 11.4 Å². The van der Waals surface area contributed by atoms with Crippen LogP contribution in [0.1, 0.15) is 11.1 Å². The zero-order valence-electron chi connectivity index (χ0n) is 16.2. The maximum atomic E-state index is 12.3. The van der Waals surface area contributed by atoms with Crippen molar-refractivity contribution < 1.29 is 4.79 Å². The molecule has 0 aliphatic heterocycles. The van der Waals surface area contributed by atoms with Crippen LogP contribution < -0.4 is 5.32 Å². The van der Waals surface area contributed by atoms with Gasteiger partial charge < -0.3 is 5.32 Å². The number of hydrogen-bond acceptors (Lipinski definition) is 5. The molecule has 0 unspecified atom stereocenters. The van der Waals surface area contributed by atoms with Gasteiger partial charge in [0.25, 0.3) is 0 Å². The summed E-state index contributed by atoms with van der Waals surface area (Å²) in [5.41, 5.74) is 3.85. The molecule has 2 aromatic carbocycles. The predicted molar refractivity (Wildman–Crippen MR) is 117 cm³/mol.